The summed E-state index contributed by atoms with van der Waals surface area (Å²) < 4.78 is 0. The Morgan fingerprint density at radius 2 is 1.87 bits per heavy atom. The maximum Gasteiger partial charge on any atom is 0.257 e. The lowest BCUT2D eigenvalue weighted by Gasteiger charge is -2.23. The van der Waals surface area contributed by atoms with E-state index in [1.807, 2.05) is 43.5 Å². The Hall–Kier alpha value is -2.36. The molecule has 1 aromatic carbocycles. The number of carbonyl (C=O) groups excluding carboxylic acids is 1. The minimum Gasteiger partial charge on any atom is -0.370 e. The van der Waals surface area contributed by atoms with E-state index in [0.717, 1.165) is 42.9 Å². The van der Waals surface area contributed by atoms with Gasteiger partial charge in [-0.05, 0) is 43.5 Å². The molecule has 2 aromatic rings. The fraction of sp³-hybridized carbons (Fsp3) is 0.368. The predicted octanol–water partition coefficient (Wildman–Crippen LogP) is 4.27. The van der Waals surface area contributed by atoms with E-state index < -0.39 is 0 Å². The van der Waals surface area contributed by atoms with Crippen molar-refractivity contribution < 1.29 is 4.79 Å². The van der Waals surface area contributed by atoms with E-state index in [0.29, 0.717) is 5.56 Å². The molecule has 0 fully saturated rings. The number of hydrogen-bond donors (Lipinski definition) is 1. The van der Waals surface area contributed by atoms with E-state index in [2.05, 4.69) is 29.0 Å². The summed E-state index contributed by atoms with van der Waals surface area (Å²) in [4.78, 5) is 19.0. The van der Waals surface area contributed by atoms with Crippen LogP contribution in [0.25, 0.3) is 0 Å². The zero-order valence-electron chi connectivity index (χ0n) is 14.2. The van der Waals surface area contributed by atoms with Crippen LogP contribution in [0.1, 0.15) is 42.6 Å². The summed E-state index contributed by atoms with van der Waals surface area (Å²) in [5, 5.41) is 2.93. The SMILES string of the molecule is CCCN(CCC)c1cncc(C(=O)Nc2cccc(C)c2)c1. The molecule has 23 heavy (non-hydrogen) atoms. The number of aryl methyl sites for hydroxylation is 1. The number of nitrogens with zero attached hydrogens (tertiary/aromatic N) is 2. The Bertz CT molecular complexity index is 649. The molecule has 0 saturated carbocycles. The third kappa shape index (κ3) is 4.81. The molecular weight excluding hydrogens is 286 g/mol. The first kappa shape index (κ1) is 17.0. The smallest absolute Gasteiger partial charge is 0.257 e. The fourth-order valence-corrected chi connectivity index (χ4v) is 2.56. The molecule has 0 radical (unpaired) electrons. The molecule has 1 N–H and O–H groups in total. The van der Waals surface area contributed by atoms with Crippen molar-refractivity contribution in [2.24, 2.45) is 0 Å². The fourth-order valence-electron chi connectivity index (χ4n) is 2.56. The molecular formula is C19H25N3O. The number of aromatic nitrogens is 1. The zero-order chi connectivity index (χ0) is 16.7. The normalized spacial score (nSPS) is 10.4. The second kappa shape index (κ2) is 8.32. The number of rotatable bonds is 7. The quantitative estimate of drug-likeness (QED) is 0.830. The zero-order valence-corrected chi connectivity index (χ0v) is 14.2. The molecule has 0 bridgehead atoms. The van der Waals surface area contributed by atoms with E-state index in [-0.39, 0.29) is 5.91 Å². The summed E-state index contributed by atoms with van der Waals surface area (Å²) >= 11 is 0. The molecule has 4 nitrogen and oxygen atoms in total. The van der Waals surface area contributed by atoms with E-state index in [9.17, 15) is 4.79 Å². The molecule has 0 aliphatic carbocycles. The van der Waals surface area contributed by atoms with Gasteiger partial charge in [0.15, 0.2) is 0 Å². The highest BCUT2D eigenvalue weighted by Crippen LogP contribution is 2.17. The Kier molecular flexibility index (Phi) is 6.15. The van der Waals surface area contributed by atoms with Crippen LogP contribution in [0.15, 0.2) is 42.7 Å². The van der Waals surface area contributed by atoms with Crippen LogP contribution in [0.2, 0.25) is 0 Å². The molecule has 0 aliphatic heterocycles. The lowest BCUT2D eigenvalue weighted by Crippen LogP contribution is -2.25. The predicted molar refractivity (Wildman–Crippen MR) is 96.2 cm³/mol. The van der Waals surface area contributed by atoms with Crippen molar-refractivity contribution in [2.45, 2.75) is 33.6 Å². The minimum absolute atomic E-state index is 0.127. The summed E-state index contributed by atoms with van der Waals surface area (Å²) in [6, 6.07) is 9.71. The molecule has 2 rings (SSSR count). The lowest BCUT2D eigenvalue weighted by molar-refractivity contribution is 0.102. The highest BCUT2D eigenvalue weighted by Gasteiger charge is 2.11. The number of anilines is 2. The Balaban J connectivity index is 2.16. The Morgan fingerprint density at radius 1 is 1.13 bits per heavy atom. The summed E-state index contributed by atoms with van der Waals surface area (Å²) in [6.45, 7) is 8.26. The van der Waals surface area contributed by atoms with Gasteiger partial charge in [-0.3, -0.25) is 9.78 Å². The van der Waals surface area contributed by atoms with Gasteiger partial charge in [0, 0.05) is 25.0 Å². The molecule has 1 aromatic heterocycles. The Labute approximate surface area is 138 Å². The number of pyridine rings is 1. The molecule has 4 heteroatoms. The molecule has 0 spiro atoms. The van der Waals surface area contributed by atoms with Crippen LogP contribution in [0, 0.1) is 6.92 Å². The van der Waals surface area contributed by atoms with E-state index in [4.69, 9.17) is 0 Å². The van der Waals surface area contributed by atoms with Crippen molar-refractivity contribution in [3.63, 3.8) is 0 Å². The Morgan fingerprint density at radius 3 is 2.52 bits per heavy atom. The molecule has 1 amide bonds. The summed E-state index contributed by atoms with van der Waals surface area (Å²) in [5.41, 5.74) is 3.51. The minimum atomic E-state index is -0.127. The highest BCUT2D eigenvalue weighted by atomic mass is 16.1. The van der Waals surface area contributed by atoms with Crippen LogP contribution in [0.3, 0.4) is 0 Å². The summed E-state index contributed by atoms with van der Waals surface area (Å²) in [5.74, 6) is -0.127. The van der Waals surface area contributed by atoms with Crippen molar-refractivity contribution in [3.8, 4) is 0 Å². The lowest BCUT2D eigenvalue weighted by atomic mass is 10.2. The van der Waals surface area contributed by atoms with Crippen molar-refractivity contribution in [2.75, 3.05) is 23.3 Å². The third-order valence-electron chi connectivity index (χ3n) is 3.61. The van der Waals surface area contributed by atoms with E-state index in [1.54, 1.807) is 6.20 Å². The molecule has 0 atom stereocenters. The molecule has 0 unspecified atom stereocenters. The van der Waals surface area contributed by atoms with Gasteiger partial charge in [0.1, 0.15) is 0 Å². The average molecular weight is 311 g/mol. The van der Waals surface area contributed by atoms with Crippen molar-refractivity contribution in [1.29, 1.82) is 0 Å². The standard InChI is InChI=1S/C19H25N3O/c1-4-9-22(10-5-2)18-12-16(13-20-14-18)19(23)21-17-8-6-7-15(3)11-17/h6-8,11-14H,4-5,9-10H2,1-3H3,(H,21,23). The molecule has 0 aliphatic rings. The van der Waals surface area contributed by atoms with Crippen LogP contribution in [-0.2, 0) is 0 Å². The number of hydrogen-bond acceptors (Lipinski definition) is 3. The molecule has 0 saturated heterocycles. The van der Waals surface area contributed by atoms with Crippen molar-refractivity contribution in [3.05, 3.63) is 53.9 Å². The van der Waals surface area contributed by atoms with Gasteiger partial charge < -0.3 is 10.2 Å². The van der Waals surface area contributed by atoms with Gasteiger partial charge in [0.05, 0.1) is 17.4 Å². The van der Waals surface area contributed by atoms with Gasteiger partial charge >= 0.3 is 0 Å². The van der Waals surface area contributed by atoms with Gasteiger partial charge in [0.25, 0.3) is 5.91 Å². The van der Waals surface area contributed by atoms with Gasteiger partial charge in [0.2, 0.25) is 0 Å². The number of benzene rings is 1. The second-order valence-electron chi connectivity index (χ2n) is 5.74. The van der Waals surface area contributed by atoms with Gasteiger partial charge in [-0.2, -0.15) is 0 Å². The molecule has 122 valence electrons. The number of carbonyl (C=O) groups is 1. The highest BCUT2D eigenvalue weighted by molar-refractivity contribution is 6.04. The molecule has 1 heterocycles. The average Bonchev–Trinajstić information content (AvgIpc) is 2.55. The third-order valence-corrected chi connectivity index (χ3v) is 3.61. The van der Waals surface area contributed by atoms with Gasteiger partial charge in [-0.1, -0.05) is 26.0 Å². The van der Waals surface area contributed by atoms with Crippen LogP contribution >= 0.6 is 0 Å². The first-order valence-corrected chi connectivity index (χ1v) is 8.22. The summed E-state index contributed by atoms with van der Waals surface area (Å²) in [7, 11) is 0. The summed E-state index contributed by atoms with van der Waals surface area (Å²) in [6.07, 6.45) is 5.58. The van der Waals surface area contributed by atoms with Crippen LogP contribution < -0.4 is 10.2 Å². The largest absolute Gasteiger partial charge is 0.370 e. The van der Waals surface area contributed by atoms with Crippen molar-refractivity contribution >= 4 is 17.3 Å². The topological polar surface area (TPSA) is 45.2 Å². The van der Waals surface area contributed by atoms with E-state index >= 15 is 0 Å². The van der Waals surface area contributed by atoms with Crippen molar-refractivity contribution in [1.82, 2.24) is 4.98 Å². The maximum atomic E-state index is 12.4. The monoisotopic (exact) mass is 311 g/mol. The second-order valence-corrected chi connectivity index (χ2v) is 5.74. The number of nitrogens with one attached hydrogen (secondary N) is 1. The first-order valence-electron chi connectivity index (χ1n) is 8.22. The van der Waals surface area contributed by atoms with Gasteiger partial charge in [-0.15, -0.1) is 0 Å². The van der Waals surface area contributed by atoms with Gasteiger partial charge in [-0.25, -0.2) is 0 Å². The maximum absolute atomic E-state index is 12.4. The number of amides is 1. The van der Waals surface area contributed by atoms with E-state index in [1.165, 1.54) is 0 Å². The van der Waals surface area contributed by atoms with Crippen LogP contribution in [0.5, 0.6) is 0 Å². The first-order chi connectivity index (χ1) is 11.1. The van der Waals surface area contributed by atoms with Crippen LogP contribution in [0.4, 0.5) is 11.4 Å². The van der Waals surface area contributed by atoms with Crippen LogP contribution in [-0.4, -0.2) is 24.0 Å².